The quantitative estimate of drug-likeness (QED) is 0.445. The molecule has 0 aliphatic rings. The third kappa shape index (κ3) is 2.63. The highest BCUT2D eigenvalue weighted by Gasteiger charge is 2.20. The number of fused-ring (bicyclic) bond motifs is 1. The standard InChI is InChI=1S/C20H17NO3/c1-12(20(23)24-3)18-16-9-4-5-10-17(16)21-19(18)15-8-6-7-14(11-15)13(2)22/h4-11,21H,1H2,2-3H3. The van der Waals surface area contributed by atoms with Crippen LogP contribution >= 0.6 is 0 Å². The van der Waals surface area contributed by atoms with Gasteiger partial charge >= 0.3 is 5.97 Å². The van der Waals surface area contributed by atoms with Gasteiger partial charge < -0.3 is 9.72 Å². The number of benzene rings is 2. The van der Waals surface area contributed by atoms with Crippen molar-refractivity contribution in [1.82, 2.24) is 4.98 Å². The van der Waals surface area contributed by atoms with Gasteiger partial charge in [0.2, 0.25) is 0 Å². The van der Waals surface area contributed by atoms with Crippen molar-refractivity contribution in [1.29, 1.82) is 0 Å². The van der Waals surface area contributed by atoms with Crippen molar-refractivity contribution in [2.75, 3.05) is 7.11 Å². The van der Waals surface area contributed by atoms with Gasteiger partial charge in [-0.05, 0) is 24.6 Å². The minimum atomic E-state index is -0.483. The van der Waals surface area contributed by atoms with E-state index < -0.39 is 5.97 Å². The first kappa shape index (κ1) is 15.7. The molecule has 3 aromatic rings. The normalized spacial score (nSPS) is 10.6. The SMILES string of the molecule is C=C(C(=O)OC)c1c(-c2cccc(C(C)=O)c2)[nH]c2ccccc12. The second-order valence-corrected chi connectivity index (χ2v) is 5.53. The van der Waals surface area contributed by atoms with Crippen LogP contribution in [0.2, 0.25) is 0 Å². The summed E-state index contributed by atoms with van der Waals surface area (Å²) < 4.78 is 4.83. The molecule has 0 saturated heterocycles. The van der Waals surface area contributed by atoms with Crippen LogP contribution in [0.4, 0.5) is 0 Å². The number of aromatic nitrogens is 1. The number of nitrogens with one attached hydrogen (secondary N) is 1. The lowest BCUT2D eigenvalue weighted by molar-refractivity contribution is -0.133. The fraction of sp³-hybridized carbons (Fsp3) is 0.100. The van der Waals surface area contributed by atoms with Gasteiger partial charge in [0.05, 0.1) is 18.4 Å². The molecule has 1 aromatic heterocycles. The van der Waals surface area contributed by atoms with E-state index in [1.165, 1.54) is 14.0 Å². The number of rotatable bonds is 4. The second kappa shape index (κ2) is 6.16. The molecular weight excluding hydrogens is 302 g/mol. The molecule has 0 radical (unpaired) electrons. The summed E-state index contributed by atoms with van der Waals surface area (Å²) in [4.78, 5) is 27.0. The Hall–Kier alpha value is -3.14. The number of H-pyrrole nitrogens is 1. The molecule has 24 heavy (non-hydrogen) atoms. The van der Waals surface area contributed by atoms with Gasteiger partial charge in [-0.25, -0.2) is 4.79 Å². The Morgan fingerprint density at radius 3 is 2.54 bits per heavy atom. The molecule has 0 fully saturated rings. The number of hydrogen-bond donors (Lipinski definition) is 1. The number of carbonyl (C=O) groups excluding carboxylic acids is 2. The van der Waals surface area contributed by atoms with Crippen LogP contribution in [0.25, 0.3) is 27.7 Å². The van der Waals surface area contributed by atoms with Crippen molar-refractivity contribution >= 4 is 28.2 Å². The summed E-state index contributed by atoms with van der Waals surface area (Å²) in [5.74, 6) is -0.495. The minimum Gasteiger partial charge on any atom is -0.465 e. The highest BCUT2D eigenvalue weighted by atomic mass is 16.5. The summed E-state index contributed by atoms with van der Waals surface area (Å²) >= 11 is 0. The summed E-state index contributed by atoms with van der Waals surface area (Å²) in [7, 11) is 1.33. The number of Topliss-reactive ketones (excluding diaryl/α,β-unsaturated/α-hetero) is 1. The van der Waals surface area contributed by atoms with Crippen LogP contribution < -0.4 is 0 Å². The molecule has 0 amide bonds. The van der Waals surface area contributed by atoms with Crippen LogP contribution in [-0.2, 0) is 9.53 Å². The molecule has 4 nitrogen and oxygen atoms in total. The number of hydrogen-bond acceptors (Lipinski definition) is 3. The molecule has 0 bridgehead atoms. The molecule has 0 saturated carbocycles. The Labute approximate surface area is 139 Å². The van der Waals surface area contributed by atoms with Gasteiger partial charge in [-0.3, -0.25) is 4.79 Å². The third-order valence-electron chi connectivity index (χ3n) is 4.00. The van der Waals surface area contributed by atoms with E-state index in [2.05, 4.69) is 11.6 Å². The molecule has 1 heterocycles. The van der Waals surface area contributed by atoms with Gasteiger partial charge in [-0.2, -0.15) is 0 Å². The molecule has 0 aliphatic carbocycles. The minimum absolute atomic E-state index is 0.0127. The molecule has 0 aliphatic heterocycles. The van der Waals surface area contributed by atoms with E-state index in [9.17, 15) is 9.59 Å². The summed E-state index contributed by atoms with van der Waals surface area (Å²) in [6, 6.07) is 15.0. The van der Waals surface area contributed by atoms with Crippen LogP contribution in [0.3, 0.4) is 0 Å². The van der Waals surface area contributed by atoms with E-state index in [1.807, 2.05) is 36.4 Å². The van der Waals surface area contributed by atoms with Gasteiger partial charge in [0.15, 0.2) is 5.78 Å². The van der Waals surface area contributed by atoms with Crippen molar-refractivity contribution in [3.8, 4) is 11.3 Å². The lowest BCUT2D eigenvalue weighted by Crippen LogP contribution is -2.03. The molecule has 1 N–H and O–H groups in total. The zero-order valence-corrected chi connectivity index (χ0v) is 13.6. The number of carbonyl (C=O) groups is 2. The van der Waals surface area contributed by atoms with E-state index in [0.717, 1.165) is 22.2 Å². The summed E-state index contributed by atoms with van der Waals surface area (Å²) in [5.41, 5.74) is 4.03. The van der Waals surface area contributed by atoms with Gasteiger partial charge in [-0.15, -0.1) is 0 Å². The van der Waals surface area contributed by atoms with Crippen molar-refractivity contribution in [3.05, 3.63) is 66.2 Å². The largest absolute Gasteiger partial charge is 0.465 e. The highest BCUT2D eigenvalue weighted by molar-refractivity contribution is 6.21. The van der Waals surface area contributed by atoms with E-state index in [0.29, 0.717) is 11.1 Å². The Kier molecular flexibility index (Phi) is 4.04. The van der Waals surface area contributed by atoms with E-state index in [4.69, 9.17) is 4.74 Å². The average molecular weight is 319 g/mol. The molecule has 3 rings (SSSR count). The first-order chi connectivity index (χ1) is 11.5. The van der Waals surface area contributed by atoms with Gasteiger partial charge in [0.25, 0.3) is 0 Å². The topological polar surface area (TPSA) is 59.2 Å². The van der Waals surface area contributed by atoms with Crippen LogP contribution in [0.5, 0.6) is 0 Å². The highest BCUT2D eigenvalue weighted by Crippen LogP contribution is 2.35. The number of esters is 1. The number of para-hydroxylation sites is 1. The lowest BCUT2D eigenvalue weighted by atomic mass is 9.98. The summed E-state index contributed by atoms with van der Waals surface area (Å²) in [6.07, 6.45) is 0. The molecule has 0 spiro atoms. The zero-order chi connectivity index (χ0) is 17.3. The fourth-order valence-electron chi connectivity index (χ4n) is 2.79. The molecular formula is C20H17NO3. The first-order valence-electron chi connectivity index (χ1n) is 7.52. The molecule has 120 valence electrons. The van der Waals surface area contributed by atoms with Gasteiger partial charge in [0.1, 0.15) is 0 Å². The predicted octanol–water partition coefficient (Wildman–Crippen LogP) is 4.22. The maximum atomic E-state index is 12.0. The van der Waals surface area contributed by atoms with E-state index >= 15 is 0 Å². The van der Waals surface area contributed by atoms with Crippen molar-refractivity contribution in [2.45, 2.75) is 6.92 Å². The van der Waals surface area contributed by atoms with Crippen molar-refractivity contribution in [3.63, 3.8) is 0 Å². The maximum absolute atomic E-state index is 12.0. The molecule has 0 atom stereocenters. The van der Waals surface area contributed by atoms with Gasteiger partial charge in [0, 0.05) is 22.0 Å². The van der Waals surface area contributed by atoms with Gasteiger partial charge in [-0.1, -0.05) is 43.0 Å². The Bertz CT molecular complexity index is 966. The molecule has 0 unspecified atom stereocenters. The number of ketones is 1. The summed E-state index contributed by atoms with van der Waals surface area (Å²) in [6.45, 7) is 5.43. The first-order valence-corrected chi connectivity index (χ1v) is 7.52. The van der Waals surface area contributed by atoms with Crippen LogP contribution in [0.1, 0.15) is 22.8 Å². The van der Waals surface area contributed by atoms with E-state index in [-0.39, 0.29) is 11.4 Å². The van der Waals surface area contributed by atoms with Crippen LogP contribution in [-0.4, -0.2) is 23.8 Å². The average Bonchev–Trinajstić information content (AvgIpc) is 3.00. The number of methoxy groups -OCH3 is 1. The fourth-order valence-corrected chi connectivity index (χ4v) is 2.79. The van der Waals surface area contributed by atoms with Crippen LogP contribution in [0.15, 0.2) is 55.1 Å². The van der Waals surface area contributed by atoms with Crippen LogP contribution in [0, 0.1) is 0 Å². The third-order valence-corrected chi connectivity index (χ3v) is 4.00. The van der Waals surface area contributed by atoms with Crippen molar-refractivity contribution in [2.24, 2.45) is 0 Å². The zero-order valence-electron chi connectivity index (χ0n) is 13.6. The maximum Gasteiger partial charge on any atom is 0.337 e. The molecule has 4 heteroatoms. The monoisotopic (exact) mass is 319 g/mol. The molecule has 2 aromatic carbocycles. The van der Waals surface area contributed by atoms with E-state index in [1.54, 1.807) is 12.1 Å². The summed E-state index contributed by atoms with van der Waals surface area (Å²) in [5, 5.41) is 0.885. The smallest absolute Gasteiger partial charge is 0.337 e. The number of ether oxygens (including phenoxy) is 1. The Balaban J connectivity index is 2.28. The van der Waals surface area contributed by atoms with Crippen molar-refractivity contribution < 1.29 is 14.3 Å². The predicted molar refractivity (Wildman–Crippen MR) is 94.8 cm³/mol. The number of aromatic amines is 1. The Morgan fingerprint density at radius 2 is 1.83 bits per heavy atom. The Morgan fingerprint density at radius 1 is 1.08 bits per heavy atom. The second-order valence-electron chi connectivity index (χ2n) is 5.53. The lowest BCUT2D eigenvalue weighted by Gasteiger charge is -2.08.